The number of rotatable bonds is 7. The van der Waals surface area contributed by atoms with Crippen LogP contribution in [0.25, 0.3) is 0 Å². The van der Waals surface area contributed by atoms with Crippen molar-refractivity contribution in [1.82, 2.24) is 20.6 Å². The van der Waals surface area contributed by atoms with Crippen LogP contribution in [0.4, 0.5) is 11.6 Å². The molecule has 0 saturated carbocycles. The van der Waals surface area contributed by atoms with Gasteiger partial charge in [-0.1, -0.05) is 12.1 Å². The number of carbonyl (C=O) groups is 3. The molecule has 9 nitrogen and oxygen atoms in total. The van der Waals surface area contributed by atoms with Gasteiger partial charge in [-0.15, -0.1) is 0 Å². The maximum atomic E-state index is 12.3. The number of aromatic nitrogens is 2. The van der Waals surface area contributed by atoms with Gasteiger partial charge in [0.05, 0.1) is 11.3 Å². The monoisotopic (exact) mass is 368 g/mol. The van der Waals surface area contributed by atoms with E-state index in [2.05, 4.69) is 31.2 Å². The summed E-state index contributed by atoms with van der Waals surface area (Å²) in [5.41, 5.74) is 0.883. The fourth-order valence-electron chi connectivity index (χ4n) is 2.65. The van der Waals surface area contributed by atoms with Crippen LogP contribution < -0.4 is 21.3 Å². The van der Waals surface area contributed by atoms with Crippen molar-refractivity contribution in [3.8, 4) is 0 Å². The normalized spacial score (nSPS) is 15.8. The van der Waals surface area contributed by atoms with Crippen molar-refractivity contribution in [3.63, 3.8) is 0 Å². The van der Waals surface area contributed by atoms with Gasteiger partial charge in [-0.2, -0.15) is 0 Å². The summed E-state index contributed by atoms with van der Waals surface area (Å²) in [6.45, 7) is 0.872. The lowest BCUT2D eigenvalue weighted by atomic mass is 10.1. The van der Waals surface area contributed by atoms with Gasteiger partial charge in [0.1, 0.15) is 6.04 Å². The van der Waals surface area contributed by atoms with Crippen molar-refractivity contribution in [2.24, 2.45) is 0 Å². The molecule has 0 bridgehead atoms. The van der Waals surface area contributed by atoms with Gasteiger partial charge in [-0.05, 0) is 24.6 Å². The van der Waals surface area contributed by atoms with E-state index in [1.165, 1.54) is 0 Å². The topological polar surface area (TPSA) is 125 Å². The van der Waals surface area contributed by atoms with Gasteiger partial charge < -0.3 is 21.3 Å². The predicted octanol–water partition coefficient (Wildman–Crippen LogP) is 0.536. The zero-order valence-corrected chi connectivity index (χ0v) is 14.6. The van der Waals surface area contributed by atoms with E-state index in [0.717, 1.165) is 0 Å². The first-order chi connectivity index (χ1) is 13.1. The summed E-state index contributed by atoms with van der Waals surface area (Å²) in [7, 11) is 0. The van der Waals surface area contributed by atoms with Crippen LogP contribution in [0, 0.1) is 0 Å². The average molecular weight is 368 g/mol. The summed E-state index contributed by atoms with van der Waals surface area (Å²) in [5.74, 6) is -0.371. The molecule has 1 unspecified atom stereocenters. The Kier molecular flexibility index (Phi) is 5.93. The van der Waals surface area contributed by atoms with Crippen LogP contribution >= 0.6 is 0 Å². The minimum atomic E-state index is -0.758. The highest BCUT2D eigenvalue weighted by atomic mass is 16.2. The Morgan fingerprint density at radius 2 is 1.85 bits per heavy atom. The number of carbonyl (C=O) groups excluding carboxylic acids is 3. The number of nitrogens with one attached hydrogen (secondary N) is 4. The summed E-state index contributed by atoms with van der Waals surface area (Å²) in [5, 5.41) is 11.1. The van der Waals surface area contributed by atoms with Crippen LogP contribution in [-0.4, -0.2) is 46.8 Å². The number of fused-ring (bicyclic) bond motifs is 1. The highest BCUT2D eigenvalue weighted by Gasteiger charge is 2.27. The SMILES string of the molecule is O=C(CCC1NC(=O)c2ccccc2NC1=O)NCCNc1ncccn1. The van der Waals surface area contributed by atoms with Crippen molar-refractivity contribution < 1.29 is 14.4 Å². The lowest BCUT2D eigenvalue weighted by molar-refractivity contribution is -0.121. The van der Waals surface area contributed by atoms with Crippen LogP contribution in [-0.2, 0) is 9.59 Å². The minimum Gasteiger partial charge on any atom is -0.354 e. The Labute approximate surface area is 156 Å². The van der Waals surface area contributed by atoms with Crippen LogP contribution in [0.5, 0.6) is 0 Å². The second kappa shape index (κ2) is 8.75. The molecule has 1 aromatic heterocycles. The molecular weight excluding hydrogens is 348 g/mol. The number of nitrogens with zero attached hydrogens (tertiary/aromatic N) is 2. The lowest BCUT2D eigenvalue weighted by Gasteiger charge is -2.14. The second-order valence-electron chi connectivity index (χ2n) is 5.95. The van der Waals surface area contributed by atoms with E-state index in [1.807, 2.05) is 0 Å². The van der Waals surface area contributed by atoms with Crippen molar-refractivity contribution in [3.05, 3.63) is 48.3 Å². The van der Waals surface area contributed by atoms with Gasteiger partial charge in [-0.3, -0.25) is 14.4 Å². The molecule has 1 aliphatic rings. The first-order valence-electron chi connectivity index (χ1n) is 8.62. The molecule has 3 amide bonds. The molecule has 4 N–H and O–H groups in total. The maximum Gasteiger partial charge on any atom is 0.254 e. The molecule has 0 fully saturated rings. The van der Waals surface area contributed by atoms with Gasteiger partial charge in [0.15, 0.2) is 0 Å². The third-order valence-corrected chi connectivity index (χ3v) is 4.01. The Balaban J connectivity index is 1.42. The summed E-state index contributed by atoms with van der Waals surface area (Å²) in [6.07, 6.45) is 3.58. The Hall–Kier alpha value is -3.49. The third-order valence-electron chi connectivity index (χ3n) is 4.01. The smallest absolute Gasteiger partial charge is 0.254 e. The minimum absolute atomic E-state index is 0.122. The highest BCUT2D eigenvalue weighted by Crippen LogP contribution is 2.19. The molecule has 1 atom stereocenters. The van der Waals surface area contributed by atoms with Gasteiger partial charge in [0.2, 0.25) is 17.8 Å². The molecule has 0 radical (unpaired) electrons. The molecule has 1 aromatic carbocycles. The summed E-state index contributed by atoms with van der Waals surface area (Å²) >= 11 is 0. The lowest BCUT2D eigenvalue weighted by Crippen LogP contribution is -2.42. The second-order valence-corrected chi connectivity index (χ2v) is 5.95. The van der Waals surface area contributed by atoms with E-state index < -0.39 is 6.04 Å². The molecule has 0 spiro atoms. The number of para-hydroxylation sites is 1. The number of anilines is 2. The van der Waals surface area contributed by atoms with Crippen molar-refractivity contribution in [1.29, 1.82) is 0 Å². The largest absolute Gasteiger partial charge is 0.354 e. The highest BCUT2D eigenvalue weighted by molar-refractivity contribution is 6.09. The molecule has 0 saturated heterocycles. The molecule has 0 aliphatic carbocycles. The van der Waals surface area contributed by atoms with E-state index in [1.54, 1.807) is 42.7 Å². The fourth-order valence-corrected chi connectivity index (χ4v) is 2.65. The molecule has 1 aliphatic heterocycles. The van der Waals surface area contributed by atoms with Crippen LogP contribution in [0.3, 0.4) is 0 Å². The van der Waals surface area contributed by atoms with Gasteiger partial charge in [0.25, 0.3) is 5.91 Å². The van der Waals surface area contributed by atoms with Gasteiger partial charge in [0, 0.05) is 31.9 Å². The van der Waals surface area contributed by atoms with Crippen LogP contribution in [0.2, 0.25) is 0 Å². The quantitative estimate of drug-likeness (QED) is 0.529. The average Bonchev–Trinajstić information content (AvgIpc) is 2.80. The van der Waals surface area contributed by atoms with Crippen LogP contribution in [0.1, 0.15) is 23.2 Å². The summed E-state index contributed by atoms with van der Waals surface area (Å²) in [6, 6.07) is 7.75. The third kappa shape index (κ3) is 5.00. The molecular formula is C18H20N6O3. The molecule has 2 aromatic rings. The number of hydrogen-bond donors (Lipinski definition) is 4. The first kappa shape index (κ1) is 18.3. The van der Waals surface area contributed by atoms with E-state index in [9.17, 15) is 14.4 Å². The van der Waals surface area contributed by atoms with E-state index in [-0.39, 0.29) is 30.6 Å². The molecule has 140 valence electrons. The van der Waals surface area contributed by atoms with Gasteiger partial charge >= 0.3 is 0 Å². The van der Waals surface area contributed by atoms with E-state index in [4.69, 9.17) is 0 Å². The first-order valence-corrected chi connectivity index (χ1v) is 8.62. The predicted molar refractivity (Wildman–Crippen MR) is 99.1 cm³/mol. The Morgan fingerprint density at radius 1 is 1.07 bits per heavy atom. The maximum absolute atomic E-state index is 12.3. The summed E-state index contributed by atoms with van der Waals surface area (Å²) < 4.78 is 0. The number of amides is 3. The number of benzene rings is 1. The van der Waals surface area contributed by atoms with Crippen LogP contribution in [0.15, 0.2) is 42.7 Å². The Bertz CT molecular complexity index is 827. The molecule has 9 heteroatoms. The fraction of sp³-hybridized carbons (Fsp3) is 0.278. The van der Waals surface area contributed by atoms with Gasteiger partial charge in [-0.25, -0.2) is 9.97 Å². The zero-order valence-electron chi connectivity index (χ0n) is 14.6. The Morgan fingerprint density at radius 3 is 2.67 bits per heavy atom. The molecule has 3 rings (SSSR count). The number of hydrogen-bond acceptors (Lipinski definition) is 6. The van der Waals surface area contributed by atoms with E-state index in [0.29, 0.717) is 30.3 Å². The molecule has 27 heavy (non-hydrogen) atoms. The van der Waals surface area contributed by atoms with Crippen molar-refractivity contribution in [2.75, 3.05) is 23.7 Å². The summed E-state index contributed by atoms with van der Waals surface area (Å²) in [4.78, 5) is 44.5. The van der Waals surface area contributed by atoms with E-state index >= 15 is 0 Å². The standard InChI is InChI=1S/C18H20N6O3/c25-15(19-10-11-22-18-20-8-3-9-21-18)7-6-14-17(27)23-13-5-2-1-4-12(13)16(26)24-14/h1-5,8-9,14H,6-7,10-11H2,(H,19,25)(H,23,27)(H,24,26)(H,20,21,22). The zero-order chi connectivity index (χ0) is 19.1. The molecule has 2 heterocycles. The van der Waals surface area contributed by atoms with Crippen molar-refractivity contribution in [2.45, 2.75) is 18.9 Å². The van der Waals surface area contributed by atoms with Crippen molar-refractivity contribution >= 4 is 29.4 Å².